The van der Waals surface area contributed by atoms with Gasteiger partial charge in [-0.15, -0.1) is 0 Å². The second-order valence-corrected chi connectivity index (χ2v) is 6.94. The molecular weight excluding hydrogens is 336 g/mol. The van der Waals surface area contributed by atoms with E-state index in [9.17, 15) is 4.79 Å². The summed E-state index contributed by atoms with van der Waals surface area (Å²) < 4.78 is 5.19. The van der Waals surface area contributed by atoms with E-state index < -0.39 is 0 Å². The summed E-state index contributed by atoms with van der Waals surface area (Å²) in [6, 6.07) is 20.1. The van der Waals surface area contributed by atoms with Crippen molar-refractivity contribution in [3.8, 4) is 5.75 Å². The largest absolute Gasteiger partial charge is 0.497 e. The summed E-state index contributed by atoms with van der Waals surface area (Å²) in [5, 5.41) is 3.04. The Morgan fingerprint density at radius 3 is 2.33 bits per heavy atom. The monoisotopic (exact) mass is 358 g/mol. The van der Waals surface area contributed by atoms with Crippen molar-refractivity contribution in [2.45, 2.75) is 18.8 Å². The summed E-state index contributed by atoms with van der Waals surface area (Å²) >= 11 is 0. The van der Waals surface area contributed by atoms with Gasteiger partial charge in [0.2, 0.25) is 5.91 Å². The molecule has 1 amide bonds. The molecule has 4 nitrogen and oxygen atoms in total. The fraction of sp³-hybridized carbons (Fsp3) is 0.217. The molecule has 1 heterocycles. The molecule has 2 aromatic carbocycles. The van der Waals surface area contributed by atoms with E-state index in [-0.39, 0.29) is 11.8 Å². The zero-order valence-corrected chi connectivity index (χ0v) is 15.3. The van der Waals surface area contributed by atoms with Crippen LogP contribution in [0, 0.1) is 5.92 Å². The van der Waals surface area contributed by atoms with Gasteiger partial charge in [-0.25, -0.2) is 0 Å². The molecule has 0 aliphatic heterocycles. The van der Waals surface area contributed by atoms with Crippen LogP contribution in [0.3, 0.4) is 0 Å². The van der Waals surface area contributed by atoms with Crippen molar-refractivity contribution in [2.75, 3.05) is 12.4 Å². The van der Waals surface area contributed by atoms with Gasteiger partial charge in [0, 0.05) is 24.0 Å². The second-order valence-electron chi connectivity index (χ2n) is 6.94. The summed E-state index contributed by atoms with van der Waals surface area (Å²) in [5.41, 5.74) is 4.48. The van der Waals surface area contributed by atoms with Gasteiger partial charge < -0.3 is 10.1 Å². The van der Waals surface area contributed by atoms with E-state index in [2.05, 4.69) is 22.4 Å². The van der Waals surface area contributed by atoms with Gasteiger partial charge in [-0.3, -0.25) is 9.78 Å². The zero-order valence-electron chi connectivity index (χ0n) is 15.3. The number of benzene rings is 2. The van der Waals surface area contributed by atoms with Crippen LogP contribution in [0.2, 0.25) is 0 Å². The molecule has 27 heavy (non-hydrogen) atoms. The molecule has 0 radical (unpaired) electrons. The van der Waals surface area contributed by atoms with E-state index in [0.29, 0.717) is 5.92 Å². The number of aromatic nitrogens is 1. The van der Waals surface area contributed by atoms with Gasteiger partial charge in [0.1, 0.15) is 5.75 Å². The summed E-state index contributed by atoms with van der Waals surface area (Å²) in [6.45, 7) is 0. The molecule has 136 valence electrons. The Hall–Kier alpha value is -3.14. The number of nitrogens with one attached hydrogen (secondary N) is 1. The summed E-state index contributed by atoms with van der Waals surface area (Å²) in [4.78, 5) is 16.6. The van der Waals surface area contributed by atoms with Crippen LogP contribution in [0.15, 0.2) is 73.1 Å². The first-order valence-electron chi connectivity index (χ1n) is 9.15. The van der Waals surface area contributed by atoms with E-state index in [1.807, 2.05) is 48.5 Å². The van der Waals surface area contributed by atoms with Gasteiger partial charge in [-0.05, 0) is 71.8 Å². The Morgan fingerprint density at radius 1 is 1.00 bits per heavy atom. The molecule has 1 N–H and O–H groups in total. The number of nitrogens with zero attached hydrogens (tertiary/aromatic N) is 1. The lowest BCUT2D eigenvalue weighted by Crippen LogP contribution is -2.14. The average molecular weight is 358 g/mol. The standard InChI is InChI=1S/C23H22N2O2/c1-27-20-8-4-18(5-9-20)21-15-22(21)23(26)25-19-6-2-16(3-7-19)14-17-10-12-24-13-11-17/h2-13,21-22H,14-15H2,1H3,(H,25,26). The van der Waals surface area contributed by atoms with Crippen molar-refractivity contribution in [2.24, 2.45) is 5.92 Å². The molecule has 0 saturated heterocycles. The van der Waals surface area contributed by atoms with Gasteiger partial charge >= 0.3 is 0 Å². The second kappa shape index (κ2) is 7.62. The fourth-order valence-electron chi connectivity index (χ4n) is 3.38. The Balaban J connectivity index is 1.33. The first-order valence-corrected chi connectivity index (χ1v) is 9.15. The van der Waals surface area contributed by atoms with Crippen molar-refractivity contribution < 1.29 is 9.53 Å². The minimum atomic E-state index is 0.0508. The SMILES string of the molecule is COc1ccc(C2CC2C(=O)Nc2ccc(Cc3ccncc3)cc2)cc1. The highest BCUT2D eigenvalue weighted by molar-refractivity contribution is 5.95. The number of hydrogen-bond donors (Lipinski definition) is 1. The Morgan fingerprint density at radius 2 is 1.67 bits per heavy atom. The third kappa shape index (κ3) is 4.17. The van der Waals surface area contributed by atoms with Crippen LogP contribution in [0.4, 0.5) is 5.69 Å². The maximum absolute atomic E-state index is 12.5. The minimum Gasteiger partial charge on any atom is -0.497 e. The molecule has 4 rings (SSSR count). The zero-order chi connectivity index (χ0) is 18.6. The van der Waals surface area contributed by atoms with Crippen LogP contribution < -0.4 is 10.1 Å². The third-order valence-electron chi connectivity index (χ3n) is 5.05. The summed E-state index contributed by atoms with van der Waals surface area (Å²) in [5.74, 6) is 1.29. The predicted molar refractivity (Wildman–Crippen MR) is 106 cm³/mol. The first kappa shape index (κ1) is 17.3. The topological polar surface area (TPSA) is 51.2 Å². The number of carbonyl (C=O) groups is 1. The number of methoxy groups -OCH3 is 1. The van der Waals surface area contributed by atoms with Gasteiger partial charge in [-0.2, -0.15) is 0 Å². The highest BCUT2D eigenvalue weighted by Crippen LogP contribution is 2.48. The van der Waals surface area contributed by atoms with Gasteiger partial charge in [-0.1, -0.05) is 24.3 Å². The van der Waals surface area contributed by atoms with E-state index in [4.69, 9.17) is 4.74 Å². The molecule has 3 aromatic rings. The number of amides is 1. The fourth-order valence-corrected chi connectivity index (χ4v) is 3.38. The van der Waals surface area contributed by atoms with E-state index >= 15 is 0 Å². The van der Waals surface area contributed by atoms with Crippen molar-refractivity contribution >= 4 is 11.6 Å². The molecular formula is C23H22N2O2. The third-order valence-corrected chi connectivity index (χ3v) is 5.05. The predicted octanol–water partition coefficient (Wildman–Crippen LogP) is 4.42. The van der Waals surface area contributed by atoms with Crippen LogP contribution in [-0.4, -0.2) is 18.0 Å². The molecule has 1 aliphatic carbocycles. The average Bonchev–Trinajstić information content (AvgIpc) is 3.51. The van der Waals surface area contributed by atoms with Gasteiger partial charge in [0.05, 0.1) is 7.11 Å². The lowest BCUT2D eigenvalue weighted by atomic mass is 10.1. The molecule has 1 aliphatic rings. The molecule has 2 unspecified atom stereocenters. The first-order chi connectivity index (χ1) is 13.2. The molecule has 1 aromatic heterocycles. The van der Waals surface area contributed by atoms with Crippen LogP contribution in [-0.2, 0) is 11.2 Å². The normalized spacial score (nSPS) is 18.0. The Bertz CT molecular complexity index is 905. The number of carbonyl (C=O) groups excluding carboxylic acids is 1. The number of pyridine rings is 1. The lowest BCUT2D eigenvalue weighted by Gasteiger charge is -2.07. The quantitative estimate of drug-likeness (QED) is 0.709. The summed E-state index contributed by atoms with van der Waals surface area (Å²) in [6.07, 6.45) is 5.37. The van der Waals surface area contributed by atoms with Crippen molar-refractivity contribution in [1.82, 2.24) is 4.98 Å². The molecule has 1 saturated carbocycles. The van der Waals surface area contributed by atoms with Gasteiger partial charge in [0.15, 0.2) is 0 Å². The Kier molecular flexibility index (Phi) is 4.88. The molecule has 0 spiro atoms. The van der Waals surface area contributed by atoms with Crippen molar-refractivity contribution in [1.29, 1.82) is 0 Å². The smallest absolute Gasteiger partial charge is 0.228 e. The maximum Gasteiger partial charge on any atom is 0.228 e. The van der Waals surface area contributed by atoms with E-state index in [1.165, 1.54) is 16.7 Å². The van der Waals surface area contributed by atoms with E-state index in [0.717, 1.165) is 24.3 Å². The molecule has 1 fully saturated rings. The number of anilines is 1. The molecule has 4 heteroatoms. The van der Waals surface area contributed by atoms with Crippen molar-refractivity contribution in [3.05, 3.63) is 89.7 Å². The molecule has 2 atom stereocenters. The number of ether oxygens (including phenoxy) is 1. The van der Waals surface area contributed by atoms with Crippen molar-refractivity contribution in [3.63, 3.8) is 0 Å². The van der Waals surface area contributed by atoms with Crippen LogP contribution in [0.5, 0.6) is 5.75 Å². The molecule has 0 bridgehead atoms. The lowest BCUT2D eigenvalue weighted by molar-refractivity contribution is -0.117. The Labute approximate surface area is 159 Å². The van der Waals surface area contributed by atoms with Crippen LogP contribution in [0.25, 0.3) is 0 Å². The number of rotatable bonds is 6. The number of hydrogen-bond acceptors (Lipinski definition) is 3. The van der Waals surface area contributed by atoms with Crippen LogP contribution in [0.1, 0.15) is 29.0 Å². The maximum atomic E-state index is 12.5. The van der Waals surface area contributed by atoms with Crippen LogP contribution >= 0.6 is 0 Å². The highest BCUT2D eigenvalue weighted by Gasteiger charge is 2.43. The van der Waals surface area contributed by atoms with E-state index in [1.54, 1.807) is 19.5 Å². The van der Waals surface area contributed by atoms with Gasteiger partial charge in [0.25, 0.3) is 0 Å². The summed E-state index contributed by atoms with van der Waals surface area (Å²) in [7, 11) is 1.66. The minimum absolute atomic E-state index is 0.0508. The highest BCUT2D eigenvalue weighted by atomic mass is 16.5.